The summed E-state index contributed by atoms with van der Waals surface area (Å²) in [5.74, 6) is 0.233. The van der Waals surface area contributed by atoms with Crippen molar-refractivity contribution in [2.24, 2.45) is 10.8 Å². The summed E-state index contributed by atoms with van der Waals surface area (Å²) in [5.41, 5.74) is -0.416. The van der Waals surface area contributed by atoms with Gasteiger partial charge in [-0.25, -0.2) is 0 Å². The molecular weight excluding hydrogens is 140 g/mol. The van der Waals surface area contributed by atoms with Crippen LogP contribution in [0.2, 0.25) is 0 Å². The number of aliphatic hydroxyl groups excluding tert-OH is 1. The van der Waals surface area contributed by atoms with Gasteiger partial charge in [-0.2, -0.15) is 0 Å². The van der Waals surface area contributed by atoms with Crippen molar-refractivity contribution < 1.29 is 9.90 Å². The van der Waals surface area contributed by atoms with E-state index in [1.165, 1.54) is 0 Å². The zero-order chi connectivity index (χ0) is 8.70. The van der Waals surface area contributed by atoms with Gasteiger partial charge in [-0.05, 0) is 19.8 Å². The van der Waals surface area contributed by atoms with Gasteiger partial charge in [0.25, 0.3) is 0 Å². The highest BCUT2D eigenvalue weighted by Crippen LogP contribution is 2.58. The van der Waals surface area contributed by atoms with E-state index >= 15 is 0 Å². The summed E-state index contributed by atoms with van der Waals surface area (Å²) in [5, 5.41) is 9.07. The third-order valence-electron chi connectivity index (χ3n) is 3.11. The van der Waals surface area contributed by atoms with Gasteiger partial charge in [0.15, 0.2) is 0 Å². The second kappa shape index (κ2) is 2.31. The molecule has 0 bridgehead atoms. The Kier molecular flexibility index (Phi) is 1.83. The van der Waals surface area contributed by atoms with E-state index in [2.05, 4.69) is 0 Å². The van der Waals surface area contributed by atoms with Gasteiger partial charge < -0.3 is 5.11 Å². The standard InChI is InChI=1S/C9H16O2/c1-7(11)9(4-5-9)8(2,3)6-10/h10H,4-6H2,1-3H3. The summed E-state index contributed by atoms with van der Waals surface area (Å²) in [6.07, 6.45) is 1.91. The molecule has 0 amide bonds. The average molecular weight is 156 g/mol. The highest BCUT2D eigenvalue weighted by molar-refractivity contribution is 5.86. The van der Waals surface area contributed by atoms with Gasteiger partial charge in [-0.15, -0.1) is 0 Å². The Morgan fingerprint density at radius 3 is 2.09 bits per heavy atom. The molecule has 0 atom stereocenters. The third-order valence-corrected chi connectivity index (χ3v) is 3.11. The monoisotopic (exact) mass is 156 g/mol. The van der Waals surface area contributed by atoms with Crippen molar-refractivity contribution in [3.8, 4) is 0 Å². The summed E-state index contributed by atoms with van der Waals surface area (Å²) in [6.45, 7) is 5.65. The summed E-state index contributed by atoms with van der Waals surface area (Å²) in [4.78, 5) is 11.2. The molecule has 2 heteroatoms. The van der Waals surface area contributed by atoms with E-state index in [1.54, 1.807) is 6.92 Å². The molecule has 0 spiro atoms. The maximum Gasteiger partial charge on any atom is 0.136 e. The first-order valence-electron chi connectivity index (χ1n) is 4.08. The topological polar surface area (TPSA) is 37.3 Å². The van der Waals surface area contributed by atoms with Crippen molar-refractivity contribution in [1.29, 1.82) is 0 Å². The number of hydrogen-bond donors (Lipinski definition) is 1. The van der Waals surface area contributed by atoms with Crippen LogP contribution in [0.3, 0.4) is 0 Å². The number of aliphatic hydroxyl groups is 1. The van der Waals surface area contributed by atoms with Crippen LogP contribution in [-0.4, -0.2) is 17.5 Å². The van der Waals surface area contributed by atoms with Crippen LogP contribution >= 0.6 is 0 Å². The number of hydrogen-bond acceptors (Lipinski definition) is 2. The van der Waals surface area contributed by atoms with Crippen LogP contribution in [0.4, 0.5) is 0 Å². The molecule has 0 radical (unpaired) electrons. The molecule has 1 aliphatic carbocycles. The van der Waals surface area contributed by atoms with E-state index in [4.69, 9.17) is 5.11 Å². The fourth-order valence-corrected chi connectivity index (χ4v) is 1.78. The first kappa shape index (κ1) is 8.72. The number of carbonyl (C=O) groups is 1. The first-order valence-corrected chi connectivity index (χ1v) is 4.08. The number of Topliss-reactive ketones (excluding diaryl/α,β-unsaturated/α-hetero) is 1. The predicted octanol–water partition coefficient (Wildman–Crippen LogP) is 1.37. The van der Waals surface area contributed by atoms with Gasteiger partial charge >= 0.3 is 0 Å². The van der Waals surface area contributed by atoms with E-state index in [9.17, 15) is 4.79 Å². The Balaban J connectivity index is 2.80. The van der Waals surface area contributed by atoms with Crippen LogP contribution in [0.1, 0.15) is 33.6 Å². The molecule has 1 rings (SSSR count). The van der Waals surface area contributed by atoms with Crippen LogP contribution in [-0.2, 0) is 4.79 Å². The Morgan fingerprint density at radius 1 is 1.55 bits per heavy atom. The van der Waals surface area contributed by atoms with E-state index in [-0.39, 0.29) is 23.2 Å². The molecule has 0 aromatic heterocycles. The predicted molar refractivity (Wildman–Crippen MR) is 43.2 cm³/mol. The van der Waals surface area contributed by atoms with Gasteiger partial charge in [0.2, 0.25) is 0 Å². The molecule has 0 heterocycles. The molecule has 0 aliphatic heterocycles. The highest BCUT2D eigenvalue weighted by Gasteiger charge is 2.57. The molecule has 1 N–H and O–H groups in total. The lowest BCUT2D eigenvalue weighted by Gasteiger charge is -2.30. The second-order valence-corrected chi connectivity index (χ2v) is 4.18. The van der Waals surface area contributed by atoms with Crippen LogP contribution in [0.25, 0.3) is 0 Å². The van der Waals surface area contributed by atoms with Crippen molar-refractivity contribution in [3.63, 3.8) is 0 Å². The Bertz CT molecular complexity index is 178. The van der Waals surface area contributed by atoms with Gasteiger partial charge in [-0.3, -0.25) is 4.79 Å². The van der Waals surface area contributed by atoms with Gasteiger partial charge in [0, 0.05) is 17.4 Å². The van der Waals surface area contributed by atoms with E-state index in [0.717, 1.165) is 12.8 Å². The lowest BCUT2D eigenvalue weighted by molar-refractivity contribution is -0.127. The van der Waals surface area contributed by atoms with Gasteiger partial charge in [0.05, 0.1) is 0 Å². The van der Waals surface area contributed by atoms with E-state index in [1.807, 2.05) is 13.8 Å². The quantitative estimate of drug-likeness (QED) is 0.670. The summed E-state index contributed by atoms with van der Waals surface area (Å²) < 4.78 is 0. The van der Waals surface area contributed by atoms with Crippen LogP contribution in [0, 0.1) is 10.8 Å². The maximum atomic E-state index is 11.2. The molecule has 11 heavy (non-hydrogen) atoms. The molecule has 0 aromatic carbocycles. The maximum absolute atomic E-state index is 11.2. The number of ketones is 1. The molecule has 1 fully saturated rings. The van der Waals surface area contributed by atoms with Gasteiger partial charge in [0.1, 0.15) is 5.78 Å². The minimum Gasteiger partial charge on any atom is -0.396 e. The van der Waals surface area contributed by atoms with Crippen LogP contribution in [0.5, 0.6) is 0 Å². The fraction of sp³-hybridized carbons (Fsp3) is 0.889. The number of rotatable bonds is 3. The Labute approximate surface area is 67.6 Å². The lowest BCUT2D eigenvalue weighted by Crippen LogP contribution is -2.34. The smallest absolute Gasteiger partial charge is 0.136 e. The Hall–Kier alpha value is -0.370. The minimum absolute atomic E-state index is 0.104. The van der Waals surface area contributed by atoms with Crippen molar-refractivity contribution >= 4 is 5.78 Å². The first-order chi connectivity index (χ1) is 4.96. The van der Waals surface area contributed by atoms with Gasteiger partial charge in [-0.1, -0.05) is 13.8 Å². The normalized spacial score (nSPS) is 21.5. The van der Waals surface area contributed by atoms with Crippen molar-refractivity contribution in [2.45, 2.75) is 33.6 Å². The zero-order valence-corrected chi connectivity index (χ0v) is 7.48. The average Bonchev–Trinajstić information content (AvgIpc) is 2.66. The minimum atomic E-state index is -0.223. The SMILES string of the molecule is CC(=O)C1(C(C)(C)CO)CC1. The molecule has 0 aromatic rings. The summed E-state index contributed by atoms with van der Waals surface area (Å²) in [7, 11) is 0. The van der Waals surface area contributed by atoms with E-state index < -0.39 is 0 Å². The fourth-order valence-electron chi connectivity index (χ4n) is 1.78. The molecule has 0 unspecified atom stereocenters. The van der Waals surface area contributed by atoms with Crippen LogP contribution in [0.15, 0.2) is 0 Å². The van der Waals surface area contributed by atoms with Crippen molar-refractivity contribution in [2.75, 3.05) is 6.61 Å². The molecule has 2 nitrogen and oxygen atoms in total. The lowest BCUT2D eigenvalue weighted by atomic mass is 9.74. The largest absolute Gasteiger partial charge is 0.396 e. The molecular formula is C9H16O2. The molecule has 1 aliphatic rings. The van der Waals surface area contributed by atoms with E-state index in [0.29, 0.717) is 0 Å². The van der Waals surface area contributed by atoms with Crippen LogP contribution < -0.4 is 0 Å². The molecule has 0 saturated heterocycles. The van der Waals surface area contributed by atoms with Crippen molar-refractivity contribution in [3.05, 3.63) is 0 Å². The molecule has 64 valence electrons. The van der Waals surface area contributed by atoms with Crippen molar-refractivity contribution in [1.82, 2.24) is 0 Å². The second-order valence-electron chi connectivity index (χ2n) is 4.18. The summed E-state index contributed by atoms with van der Waals surface area (Å²) >= 11 is 0. The summed E-state index contributed by atoms with van der Waals surface area (Å²) in [6, 6.07) is 0. The Morgan fingerprint density at radius 2 is 2.00 bits per heavy atom. The zero-order valence-electron chi connectivity index (χ0n) is 7.48. The molecule has 1 saturated carbocycles. The highest BCUT2D eigenvalue weighted by atomic mass is 16.3. The third kappa shape index (κ3) is 1.09. The number of carbonyl (C=O) groups excluding carboxylic acids is 1.